The Kier molecular flexibility index (Phi) is 4.27. The van der Waals surface area contributed by atoms with Gasteiger partial charge in [0.05, 0.1) is 12.7 Å². The van der Waals surface area contributed by atoms with Crippen LogP contribution in [0.25, 0.3) is 0 Å². The predicted octanol–water partition coefficient (Wildman–Crippen LogP) is 1.83. The maximum Gasteiger partial charge on any atom is 0.316 e. The van der Waals surface area contributed by atoms with E-state index in [-0.39, 0.29) is 13.4 Å². The van der Waals surface area contributed by atoms with Crippen molar-refractivity contribution in [3.8, 4) is 11.5 Å². The monoisotopic (exact) mass is 266 g/mol. The third-order valence-electron chi connectivity index (χ3n) is 3.10. The molecule has 5 nitrogen and oxygen atoms in total. The zero-order chi connectivity index (χ0) is 13.8. The molecule has 0 fully saturated rings. The highest BCUT2D eigenvalue weighted by Crippen LogP contribution is 2.36. The van der Waals surface area contributed by atoms with Crippen LogP contribution in [-0.4, -0.2) is 30.6 Å². The van der Waals surface area contributed by atoms with E-state index in [1.54, 1.807) is 25.1 Å². The Morgan fingerprint density at radius 1 is 1.37 bits per heavy atom. The van der Waals surface area contributed by atoms with Crippen LogP contribution >= 0.6 is 0 Å². The van der Waals surface area contributed by atoms with Gasteiger partial charge >= 0.3 is 5.97 Å². The summed E-state index contributed by atoms with van der Waals surface area (Å²) in [5.41, 5.74) is 0.678. The maximum absolute atomic E-state index is 12.0. The number of carbonyl (C=O) groups is 1. The second-order valence-corrected chi connectivity index (χ2v) is 4.32. The van der Waals surface area contributed by atoms with E-state index in [1.165, 1.54) is 0 Å². The van der Waals surface area contributed by atoms with Crippen molar-refractivity contribution in [2.24, 2.45) is 0 Å². The number of hydrogen-bond donors (Lipinski definition) is 1. The number of ether oxygens (including phenoxy) is 3. The van der Waals surface area contributed by atoms with E-state index in [0.29, 0.717) is 23.5 Å². The Labute approximate surface area is 112 Å². The molecule has 2 atom stereocenters. The Morgan fingerprint density at radius 3 is 2.79 bits per heavy atom. The van der Waals surface area contributed by atoms with Gasteiger partial charge < -0.3 is 19.3 Å². The highest BCUT2D eigenvalue weighted by Gasteiger charge is 2.30. The first kappa shape index (κ1) is 13.7. The van der Waals surface area contributed by atoms with Gasteiger partial charge in [-0.2, -0.15) is 0 Å². The number of aliphatic hydroxyl groups excluding tert-OH is 1. The minimum Gasteiger partial charge on any atom is -0.465 e. The lowest BCUT2D eigenvalue weighted by Gasteiger charge is -2.20. The molecule has 1 aliphatic rings. The molecule has 1 aliphatic heterocycles. The third-order valence-corrected chi connectivity index (χ3v) is 3.10. The standard InChI is InChI=1S/C14H18O5/c1-3-10(15)13(14(16)17-4-2)9-5-6-11-12(7-9)19-8-18-11/h5-7,10,13,15H,3-4,8H2,1-2H3. The summed E-state index contributed by atoms with van der Waals surface area (Å²) in [5, 5.41) is 10.0. The lowest BCUT2D eigenvalue weighted by Crippen LogP contribution is -2.27. The van der Waals surface area contributed by atoms with Gasteiger partial charge in [-0.25, -0.2) is 0 Å². The molecule has 5 heteroatoms. The molecular weight excluding hydrogens is 248 g/mol. The average molecular weight is 266 g/mol. The molecule has 1 heterocycles. The number of aliphatic hydroxyl groups is 1. The van der Waals surface area contributed by atoms with Gasteiger partial charge in [-0.1, -0.05) is 13.0 Å². The van der Waals surface area contributed by atoms with Crippen LogP contribution in [0.1, 0.15) is 31.7 Å². The zero-order valence-corrected chi connectivity index (χ0v) is 11.1. The number of benzene rings is 1. The molecule has 0 saturated heterocycles. The SMILES string of the molecule is CCOC(=O)C(c1ccc2c(c1)OCO2)C(O)CC. The molecule has 1 N–H and O–H groups in total. The van der Waals surface area contributed by atoms with E-state index in [9.17, 15) is 9.90 Å². The third kappa shape index (κ3) is 2.81. The van der Waals surface area contributed by atoms with Crippen molar-refractivity contribution in [3.05, 3.63) is 23.8 Å². The van der Waals surface area contributed by atoms with E-state index >= 15 is 0 Å². The summed E-state index contributed by atoms with van der Waals surface area (Å²) >= 11 is 0. The Bertz CT molecular complexity index is 457. The second-order valence-electron chi connectivity index (χ2n) is 4.32. The average Bonchev–Trinajstić information content (AvgIpc) is 2.86. The molecule has 19 heavy (non-hydrogen) atoms. The molecule has 1 aromatic carbocycles. The predicted molar refractivity (Wildman–Crippen MR) is 68.2 cm³/mol. The topological polar surface area (TPSA) is 65.0 Å². The first-order valence-corrected chi connectivity index (χ1v) is 6.41. The Balaban J connectivity index is 2.29. The number of esters is 1. The molecule has 0 aliphatic carbocycles. The number of carbonyl (C=O) groups excluding carboxylic acids is 1. The van der Waals surface area contributed by atoms with Crippen molar-refractivity contribution in [3.63, 3.8) is 0 Å². The molecule has 2 rings (SSSR count). The van der Waals surface area contributed by atoms with Gasteiger partial charge in [-0.15, -0.1) is 0 Å². The zero-order valence-electron chi connectivity index (χ0n) is 11.1. The van der Waals surface area contributed by atoms with E-state index in [1.807, 2.05) is 6.92 Å². The first-order chi connectivity index (χ1) is 9.17. The fourth-order valence-corrected chi connectivity index (χ4v) is 2.09. The van der Waals surface area contributed by atoms with Gasteiger partial charge in [0.25, 0.3) is 0 Å². The molecule has 1 aromatic rings. The number of fused-ring (bicyclic) bond motifs is 1. The molecule has 0 saturated carbocycles. The number of hydrogen-bond acceptors (Lipinski definition) is 5. The summed E-state index contributed by atoms with van der Waals surface area (Å²) in [6.45, 7) is 4.03. The van der Waals surface area contributed by atoms with Crippen LogP contribution in [0.2, 0.25) is 0 Å². The normalized spacial score (nSPS) is 15.9. The maximum atomic E-state index is 12.0. The summed E-state index contributed by atoms with van der Waals surface area (Å²) in [6.07, 6.45) is -0.308. The van der Waals surface area contributed by atoms with Crippen LogP contribution in [0, 0.1) is 0 Å². The summed E-state index contributed by atoms with van der Waals surface area (Å²) in [6, 6.07) is 5.23. The van der Waals surface area contributed by atoms with Gasteiger partial charge in [-0.05, 0) is 31.0 Å². The van der Waals surface area contributed by atoms with E-state index in [0.717, 1.165) is 0 Å². The first-order valence-electron chi connectivity index (χ1n) is 6.41. The van der Waals surface area contributed by atoms with Gasteiger partial charge in [0.15, 0.2) is 11.5 Å². The summed E-state index contributed by atoms with van der Waals surface area (Å²) < 4.78 is 15.5. The summed E-state index contributed by atoms with van der Waals surface area (Å²) in [7, 11) is 0. The van der Waals surface area contributed by atoms with Crippen molar-refractivity contribution >= 4 is 5.97 Å². The minimum absolute atomic E-state index is 0.180. The lowest BCUT2D eigenvalue weighted by molar-refractivity contribution is -0.147. The molecule has 2 unspecified atom stereocenters. The van der Waals surface area contributed by atoms with Crippen LogP contribution in [0.3, 0.4) is 0 Å². The van der Waals surface area contributed by atoms with Crippen molar-refractivity contribution in [1.82, 2.24) is 0 Å². The second kappa shape index (κ2) is 5.93. The van der Waals surface area contributed by atoms with Crippen molar-refractivity contribution in [2.75, 3.05) is 13.4 Å². The quantitative estimate of drug-likeness (QED) is 0.824. The molecule has 0 radical (unpaired) electrons. The van der Waals surface area contributed by atoms with E-state index < -0.39 is 18.0 Å². The van der Waals surface area contributed by atoms with Crippen LogP contribution in [-0.2, 0) is 9.53 Å². The van der Waals surface area contributed by atoms with E-state index in [4.69, 9.17) is 14.2 Å². The highest BCUT2D eigenvalue weighted by molar-refractivity contribution is 5.79. The Hall–Kier alpha value is -1.75. The molecule has 0 bridgehead atoms. The van der Waals surface area contributed by atoms with E-state index in [2.05, 4.69) is 0 Å². The Morgan fingerprint density at radius 2 is 2.11 bits per heavy atom. The van der Waals surface area contributed by atoms with Crippen LogP contribution in [0.4, 0.5) is 0 Å². The molecular formula is C14H18O5. The fourth-order valence-electron chi connectivity index (χ4n) is 2.09. The van der Waals surface area contributed by atoms with Gasteiger partial charge in [-0.3, -0.25) is 4.79 Å². The van der Waals surface area contributed by atoms with Crippen LogP contribution in [0.15, 0.2) is 18.2 Å². The van der Waals surface area contributed by atoms with Gasteiger partial charge in [0, 0.05) is 0 Å². The summed E-state index contributed by atoms with van der Waals surface area (Å²) in [5.74, 6) is 0.127. The number of rotatable bonds is 5. The lowest BCUT2D eigenvalue weighted by atomic mass is 9.91. The highest BCUT2D eigenvalue weighted by atomic mass is 16.7. The fraction of sp³-hybridized carbons (Fsp3) is 0.500. The van der Waals surface area contributed by atoms with Gasteiger partial charge in [0.1, 0.15) is 5.92 Å². The van der Waals surface area contributed by atoms with Crippen LogP contribution in [0.5, 0.6) is 11.5 Å². The molecule has 0 spiro atoms. The largest absolute Gasteiger partial charge is 0.465 e. The smallest absolute Gasteiger partial charge is 0.316 e. The molecule has 104 valence electrons. The molecule has 0 aromatic heterocycles. The molecule has 0 amide bonds. The van der Waals surface area contributed by atoms with Crippen molar-refractivity contribution in [1.29, 1.82) is 0 Å². The minimum atomic E-state index is -0.778. The summed E-state index contributed by atoms with van der Waals surface area (Å²) in [4.78, 5) is 12.0. The van der Waals surface area contributed by atoms with Crippen molar-refractivity contribution in [2.45, 2.75) is 32.3 Å². The van der Waals surface area contributed by atoms with Crippen molar-refractivity contribution < 1.29 is 24.1 Å². The van der Waals surface area contributed by atoms with Gasteiger partial charge in [0.2, 0.25) is 6.79 Å². The van der Waals surface area contributed by atoms with Crippen LogP contribution < -0.4 is 9.47 Å².